The van der Waals surface area contributed by atoms with Crippen LogP contribution in [-0.4, -0.2) is 19.0 Å². The van der Waals surface area contributed by atoms with Crippen molar-refractivity contribution >= 4 is 24.5 Å². The molecule has 3 aromatic rings. The quantitative estimate of drug-likeness (QED) is 0.515. The van der Waals surface area contributed by atoms with Crippen LogP contribution in [0.4, 0.5) is 0 Å². The lowest BCUT2D eigenvalue weighted by Gasteiger charge is -2.17. The first-order valence-corrected chi connectivity index (χ1v) is 8.86. The van der Waals surface area contributed by atoms with E-state index >= 15 is 0 Å². The van der Waals surface area contributed by atoms with Crippen LogP contribution in [0.1, 0.15) is 22.0 Å². The molecule has 0 aliphatic rings. The van der Waals surface area contributed by atoms with Gasteiger partial charge in [-0.1, -0.05) is 54.6 Å². The van der Waals surface area contributed by atoms with Gasteiger partial charge in [-0.3, -0.25) is 4.79 Å². The number of carbonyl (C=O) groups excluding carboxylic acids is 2. The molecule has 3 rings (SSSR count). The van der Waals surface area contributed by atoms with Crippen molar-refractivity contribution in [3.8, 4) is 11.1 Å². The minimum Gasteiger partial charge on any atom is -0.467 e. The number of methoxy groups -OCH3 is 1. The van der Waals surface area contributed by atoms with Crippen LogP contribution in [0.25, 0.3) is 11.1 Å². The first-order valence-electron chi connectivity index (χ1n) is 8.41. The fraction of sp³-hybridized carbons (Fsp3) is 0.0909. The van der Waals surface area contributed by atoms with Gasteiger partial charge in [-0.05, 0) is 41.0 Å². The molecule has 0 saturated heterocycles. The van der Waals surface area contributed by atoms with Crippen LogP contribution in [0.2, 0.25) is 0 Å². The first kappa shape index (κ1) is 18.7. The highest BCUT2D eigenvalue weighted by atomic mass is 32.1. The van der Waals surface area contributed by atoms with Crippen molar-refractivity contribution in [1.29, 1.82) is 0 Å². The van der Waals surface area contributed by atoms with E-state index in [4.69, 9.17) is 4.74 Å². The number of rotatable bonds is 5. The average molecular weight is 377 g/mol. The minimum atomic E-state index is -0.878. The molecule has 0 bridgehead atoms. The molecule has 27 heavy (non-hydrogen) atoms. The lowest BCUT2D eigenvalue weighted by molar-refractivity contribution is -0.143. The zero-order chi connectivity index (χ0) is 19.2. The Bertz CT molecular complexity index is 922. The molecule has 0 aliphatic heterocycles. The number of thiol groups is 1. The van der Waals surface area contributed by atoms with E-state index in [1.807, 2.05) is 54.6 Å². The van der Waals surface area contributed by atoms with Gasteiger partial charge in [0, 0.05) is 10.5 Å². The number of nitrogens with one attached hydrogen (secondary N) is 1. The van der Waals surface area contributed by atoms with E-state index in [0.717, 1.165) is 16.0 Å². The molecule has 0 saturated carbocycles. The Morgan fingerprint density at radius 2 is 1.41 bits per heavy atom. The van der Waals surface area contributed by atoms with E-state index in [1.165, 1.54) is 7.11 Å². The largest absolute Gasteiger partial charge is 0.467 e. The summed E-state index contributed by atoms with van der Waals surface area (Å²) in [6.45, 7) is 0. The third kappa shape index (κ3) is 4.57. The summed E-state index contributed by atoms with van der Waals surface area (Å²) < 4.78 is 4.87. The Labute approximate surface area is 163 Å². The molecule has 4 nitrogen and oxygen atoms in total. The van der Waals surface area contributed by atoms with Gasteiger partial charge in [0.25, 0.3) is 5.91 Å². The lowest BCUT2D eigenvalue weighted by Crippen LogP contribution is -2.34. The van der Waals surface area contributed by atoms with E-state index in [9.17, 15) is 9.59 Å². The van der Waals surface area contributed by atoms with Gasteiger partial charge in [-0.25, -0.2) is 4.79 Å². The van der Waals surface area contributed by atoms with Crippen molar-refractivity contribution in [2.24, 2.45) is 0 Å². The van der Waals surface area contributed by atoms with Crippen molar-refractivity contribution in [3.63, 3.8) is 0 Å². The number of ether oxygens (including phenoxy) is 1. The molecule has 0 radical (unpaired) electrons. The molecular formula is C22H19NO3S. The molecule has 1 amide bonds. The van der Waals surface area contributed by atoms with Gasteiger partial charge in [0.05, 0.1) is 7.11 Å². The van der Waals surface area contributed by atoms with Crippen LogP contribution >= 0.6 is 12.6 Å². The number of hydrogen-bond acceptors (Lipinski definition) is 4. The third-order valence-electron chi connectivity index (χ3n) is 4.19. The maximum atomic E-state index is 12.4. The molecule has 0 fully saturated rings. The Balaban J connectivity index is 1.83. The Hall–Kier alpha value is -3.05. The summed E-state index contributed by atoms with van der Waals surface area (Å²) in [5.74, 6) is -0.856. The van der Waals surface area contributed by atoms with Crippen molar-refractivity contribution in [1.82, 2.24) is 5.32 Å². The second kappa shape index (κ2) is 8.56. The van der Waals surface area contributed by atoms with Crippen LogP contribution in [0.15, 0.2) is 83.8 Å². The minimum absolute atomic E-state index is 0.334. The lowest BCUT2D eigenvalue weighted by atomic mass is 10.0. The fourth-order valence-electron chi connectivity index (χ4n) is 2.72. The summed E-state index contributed by atoms with van der Waals surface area (Å²) >= 11 is 4.29. The monoisotopic (exact) mass is 377 g/mol. The molecule has 1 N–H and O–H groups in total. The summed E-state index contributed by atoms with van der Waals surface area (Å²) in [5, 5.41) is 2.74. The molecule has 3 aromatic carbocycles. The fourth-order valence-corrected chi connectivity index (χ4v) is 2.87. The Morgan fingerprint density at radius 3 is 1.96 bits per heavy atom. The van der Waals surface area contributed by atoms with Crippen LogP contribution in [-0.2, 0) is 9.53 Å². The molecule has 1 unspecified atom stereocenters. The van der Waals surface area contributed by atoms with Gasteiger partial charge < -0.3 is 10.1 Å². The van der Waals surface area contributed by atoms with Crippen LogP contribution in [0.5, 0.6) is 0 Å². The van der Waals surface area contributed by atoms with Gasteiger partial charge in [-0.15, -0.1) is 12.6 Å². The average Bonchev–Trinajstić information content (AvgIpc) is 2.72. The standard InChI is InChI=1S/C22H19NO3S/c1-26-22(25)20(23-21(24)18-5-3-2-4-6-18)17-9-7-15(8-10-17)16-11-13-19(27)14-12-16/h2-14,20,27H,1H3,(H,23,24). The van der Waals surface area contributed by atoms with Gasteiger partial charge in [0.15, 0.2) is 6.04 Å². The van der Waals surface area contributed by atoms with Crippen molar-refractivity contribution in [2.45, 2.75) is 10.9 Å². The molecular weight excluding hydrogens is 358 g/mol. The SMILES string of the molecule is COC(=O)C(NC(=O)c1ccccc1)c1ccc(-c2ccc(S)cc2)cc1. The van der Waals surface area contributed by atoms with Crippen LogP contribution < -0.4 is 5.32 Å². The van der Waals surface area contributed by atoms with E-state index < -0.39 is 12.0 Å². The molecule has 0 heterocycles. The maximum absolute atomic E-state index is 12.4. The van der Waals surface area contributed by atoms with E-state index in [0.29, 0.717) is 11.1 Å². The maximum Gasteiger partial charge on any atom is 0.333 e. The number of amides is 1. The van der Waals surface area contributed by atoms with Gasteiger partial charge in [0.1, 0.15) is 0 Å². The third-order valence-corrected chi connectivity index (χ3v) is 4.49. The summed E-state index contributed by atoms with van der Waals surface area (Å²) in [7, 11) is 1.30. The highest BCUT2D eigenvalue weighted by Gasteiger charge is 2.24. The zero-order valence-corrected chi connectivity index (χ0v) is 15.6. The van der Waals surface area contributed by atoms with Gasteiger partial charge in [-0.2, -0.15) is 0 Å². The summed E-state index contributed by atoms with van der Waals surface area (Å²) in [6.07, 6.45) is 0. The van der Waals surface area contributed by atoms with Crippen molar-refractivity contribution < 1.29 is 14.3 Å². The Kier molecular flexibility index (Phi) is 5.94. The van der Waals surface area contributed by atoms with Crippen molar-refractivity contribution in [2.75, 3.05) is 7.11 Å². The second-order valence-electron chi connectivity index (χ2n) is 5.96. The normalized spacial score (nSPS) is 11.5. The number of esters is 1. The van der Waals surface area contributed by atoms with E-state index in [2.05, 4.69) is 17.9 Å². The predicted molar refractivity (Wildman–Crippen MR) is 108 cm³/mol. The molecule has 136 valence electrons. The zero-order valence-electron chi connectivity index (χ0n) is 14.8. The number of hydrogen-bond donors (Lipinski definition) is 2. The van der Waals surface area contributed by atoms with E-state index in [1.54, 1.807) is 24.3 Å². The highest BCUT2D eigenvalue weighted by Crippen LogP contribution is 2.24. The van der Waals surface area contributed by atoms with Crippen LogP contribution in [0.3, 0.4) is 0 Å². The molecule has 0 aliphatic carbocycles. The summed E-state index contributed by atoms with van der Waals surface area (Å²) in [5.41, 5.74) is 3.18. The van der Waals surface area contributed by atoms with E-state index in [-0.39, 0.29) is 5.91 Å². The van der Waals surface area contributed by atoms with Crippen LogP contribution in [0, 0.1) is 0 Å². The van der Waals surface area contributed by atoms with Gasteiger partial charge >= 0.3 is 5.97 Å². The molecule has 0 aromatic heterocycles. The van der Waals surface area contributed by atoms with Crippen molar-refractivity contribution in [3.05, 3.63) is 90.0 Å². The summed E-state index contributed by atoms with van der Waals surface area (Å²) in [4.78, 5) is 25.6. The highest BCUT2D eigenvalue weighted by molar-refractivity contribution is 7.80. The topological polar surface area (TPSA) is 55.4 Å². The number of benzene rings is 3. The molecule has 5 heteroatoms. The molecule has 0 spiro atoms. The summed E-state index contributed by atoms with van der Waals surface area (Å²) in [6, 6.07) is 23.1. The first-order chi connectivity index (χ1) is 13.1. The number of carbonyl (C=O) groups is 2. The predicted octanol–water partition coefficient (Wildman–Crippen LogP) is 4.29. The second-order valence-corrected chi connectivity index (χ2v) is 6.48. The smallest absolute Gasteiger partial charge is 0.333 e. The molecule has 1 atom stereocenters. The van der Waals surface area contributed by atoms with Gasteiger partial charge in [0.2, 0.25) is 0 Å². The Morgan fingerprint density at radius 1 is 0.852 bits per heavy atom.